The fourth-order valence-corrected chi connectivity index (χ4v) is 2.08. The lowest BCUT2D eigenvalue weighted by atomic mass is 10.1. The van der Waals surface area contributed by atoms with E-state index in [1.807, 2.05) is 4.57 Å². The number of nitrogens with zero attached hydrogens (tertiary/aromatic N) is 4. The summed E-state index contributed by atoms with van der Waals surface area (Å²) in [6.07, 6.45) is 4.98. The topological polar surface area (TPSA) is 73.8 Å². The van der Waals surface area contributed by atoms with Gasteiger partial charge in [0, 0.05) is 18.0 Å². The summed E-state index contributed by atoms with van der Waals surface area (Å²) < 4.78 is 1.81. The van der Waals surface area contributed by atoms with Crippen LogP contribution < -0.4 is 0 Å². The second-order valence-electron chi connectivity index (χ2n) is 4.29. The number of halogens is 1. The van der Waals surface area contributed by atoms with E-state index in [1.165, 1.54) is 6.20 Å². The van der Waals surface area contributed by atoms with Gasteiger partial charge < -0.3 is 4.57 Å². The number of hydrogen-bond donors (Lipinski definition) is 0. The SMILES string of the molecule is Cc1cnc(Cn2cnc(CCl)c2)c(C)c1[N+](=O)[O-]. The smallest absolute Gasteiger partial charge is 0.278 e. The number of imidazole rings is 1. The summed E-state index contributed by atoms with van der Waals surface area (Å²) in [4.78, 5) is 19.0. The van der Waals surface area contributed by atoms with E-state index in [0.29, 0.717) is 29.2 Å². The zero-order chi connectivity index (χ0) is 14.0. The lowest BCUT2D eigenvalue weighted by Crippen LogP contribution is -2.06. The molecule has 0 aliphatic carbocycles. The van der Waals surface area contributed by atoms with Gasteiger partial charge in [0.05, 0.1) is 40.6 Å². The van der Waals surface area contributed by atoms with Gasteiger partial charge in [-0.25, -0.2) is 4.98 Å². The molecule has 100 valence electrons. The number of aryl methyl sites for hydroxylation is 1. The first kappa shape index (κ1) is 13.5. The molecule has 0 unspecified atom stereocenters. The summed E-state index contributed by atoms with van der Waals surface area (Å²) in [5.74, 6) is 0.341. The molecule has 2 rings (SSSR count). The molecule has 0 radical (unpaired) electrons. The van der Waals surface area contributed by atoms with E-state index in [4.69, 9.17) is 11.6 Å². The Bertz CT molecular complexity index is 624. The molecular formula is C12H13ClN4O2. The second-order valence-corrected chi connectivity index (χ2v) is 4.56. The minimum atomic E-state index is -0.367. The highest BCUT2D eigenvalue weighted by Gasteiger charge is 2.18. The Morgan fingerprint density at radius 2 is 2.16 bits per heavy atom. The first-order chi connectivity index (χ1) is 9.02. The first-order valence-electron chi connectivity index (χ1n) is 5.69. The molecule has 0 amide bonds. The van der Waals surface area contributed by atoms with Gasteiger partial charge in [-0.05, 0) is 13.8 Å². The van der Waals surface area contributed by atoms with Crippen molar-refractivity contribution in [2.45, 2.75) is 26.3 Å². The maximum Gasteiger partial charge on any atom is 0.278 e. The highest BCUT2D eigenvalue weighted by Crippen LogP contribution is 2.24. The molecule has 0 aromatic carbocycles. The molecule has 0 aliphatic rings. The van der Waals surface area contributed by atoms with Crippen molar-refractivity contribution in [2.75, 3.05) is 0 Å². The molecular weight excluding hydrogens is 268 g/mol. The van der Waals surface area contributed by atoms with E-state index in [0.717, 1.165) is 5.69 Å². The molecule has 2 aromatic heterocycles. The number of nitro groups is 1. The van der Waals surface area contributed by atoms with Crippen LogP contribution >= 0.6 is 11.6 Å². The maximum atomic E-state index is 11.0. The molecule has 2 heterocycles. The second kappa shape index (κ2) is 5.36. The molecule has 0 aliphatic heterocycles. The Morgan fingerprint density at radius 1 is 1.42 bits per heavy atom. The first-order valence-corrected chi connectivity index (χ1v) is 6.22. The van der Waals surface area contributed by atoms with Crippen LogP contribution in [-0.2, 0) is 12.4 Å². The van der Waals surface area contributed by atoms with Crippen molar-refractivity contribution >= 4 is 17.3 Å². The van der Waals surface area contributed by atoms with Gasteiger partial charge in [0.15, 0.2) is 0 Å². The standard InChI is InChI=1S/C12H13ClN4O2/c1-8-4-14-11(9(2)12(8)17(18)19)6-16-5-10(3-13)15-7-16/h4-5,7H,3,6H2,1-2H3. The predicted octanol–water partition coefficient (Wildman–Crippen LogP) is 2.59. The fourth-order valence-electron chi connectivity index (χ4n) is 1.94. The van der Waals surface area contributed by atoms with Crippen molar-refractivity contribution in [1.29, 1.82) is 0 Å². The molecule has 2 aromatic rings. The van der Waals surface area contributed by atoms with Gasteiger partial charge in [0.2, 0.25) is 0 Å². The molecule has 0 saturated carbocycles. The molecule has 0 N–H and O–H groups in total. The number of aromatic nitrogens is 3. The summed E-state index contributed by atoms with van der Waals surface area (Å²) in [7, 11) is 0. The Balaban J connectivity index is 2.35. The minimum absolute atomic E-state index is 0.127. The van der Waals surface area contributed by atoms with Crippen molar-refractivity contribution < 1.29 is 4.92 Å². The van der Waals surface area contributed by atoms with Gasteiger partial charge in [0.25, 0.3) is 5.69 Å². The van der Waals surface area contributed by atoms with Crippen LogP contribution in [-0.4, -0.2) is 19.5 Å². The van der Waals surface area contributed by atoms with Crippen LogP contribution in [0.5, 0.6) is 0 Å². The van der Waals surface area contributed by atoms with Gasteiger partial charge in [-0.2, -0.15) is 0 Å². The van der Waals surface area contributed by atoms with E-state index < -0.39 is 0 Å². The van der Waals surface area contributed by atoms with Gasteiger partial charge in [-0.1, -0.05) is 0 Å². The van der Waals surface area contributed by atoms with Crippen LogP contribution in [0.25, 0.3) is 0 Å². The monoisotopic (exact) mass is 280 g/mol. The Kier molecular flexibility index (Phi) is 3.80. The van der Waals surface area contributed by atoms with Crippen molar-refractivity contribution in [3.05, 3.63) is 51.4 Å². The summed E-state index contributed by atoms with van der Waals surface area (Å²) in [6, 6.07) is 0. The average molecular weight is 281 g/mol. The zero-order valence-corrected chi connectivity index (χ0v) is 11.4. The quantitative estimate of drug-likeness (QED) is 0.490. The van der Waals surface area contributed by atoms with Crippen LogP contribution in [0.3, 0.4) is 0 Å². The number of hydrogen-bond acceptors (Lipinski definition) is 4. The van der Waals surface area contributed by atoms with E-state index >= 15 is 0 Å². The molecule has 0 fully saturated rings. The molecule has 19 heavy (non-hydrogen) atoms. The molecule has 6 nitrogen and oxygen atoms in total. The molecule has 0 saturated heterocycles. The molecule has 0 spiro atoms. The van der Waals surface area contributed by atoms with E-state index in [9.17, 15) is 10.1 Å². The van der Waals surface area contributed by atoms with Crippen LogP contribution in [0.4, 0.5) is 5.69 Å². The van der Waals surface area contributed by atoms with Gasteiger partial charge in [-0.15, -0.1) is 11.6 Å². The molecule has 7 heteroatoms. The fraction of sp³-hybridized carbons (Fsp3) is 0.333. The summed E-state index contributed by atoms with van der Waals surface area (Å²) in [5.41, 5.74) is 2.71. The van der Waals surface area contributed by atoms with E-state index in [2.05, 4.69) is 9.97 Å². The van der Waals surface area contributed by atoms with Gasteiger partial charge >= 0.3 is 0 Å². The van der Waals surface area contributed by atoms with Gasteiger partial charge in [-0.3, -0.25) is 15.1 Å². The average Bonchev–Trinajstić information content (AvgIpc) is 2.80. The van der Waals surface area contributed by atoms with Crippen LogP contribution in [0.1, 0.15) is 22.5 Å². The van der Waals surface area contributed by atoms with E-state index in [1.54, 1.807) is 26.4 Å². The van der Waals surface area contributed by atoms with Crippen molar-refractivity contribution in [3.8, 4) is 0 Å². The largest absolute Gasteiger partial charge is 0.331 e. The highest BCUT2D eigenvalue weighted by atomic mass is 35.5. The summed E-state index contributed by atoms with van der Waals surface area (Å²) in [6.45, 7) is 3.84. The Morgan fingerprint density at radius 3 is 2.74 bits per heavy atom. The van der Waals surface area contributed by atoms with Crippen LogP contribution in [0.15, 0.2) is 18.7 Å². The van der Waals surface area contributed by atoms with Crippen LogP contribution in [0, 0.1) is 24.0 Å². The third-order valence-electron chi connectivity index (χ3n) is 2.91. The third kappa shape index (κ3) is 2.73. The number of rotatable bonds is 4. The van der Waals surface area contributed by atoms with Crippen LogP contribution in [0.2, 0.25) is 0 Å². The maximum absolute atomic E-state index is 11.0. The minimum Gasteiger partial charge on any atom is -0.331 e. The zero-order valence-electron chi connectivity index (χ0n) is 10.6. The number of pyridine rings is 1. The van der Waals surface area contributed by atoms with Gasteiger partial charge in [0.1, 0.15) is 0 Å². The third-order valence-corrected chi connectivity index (χ3v) is 3.19. The Labute approximate surface area is 115 Å². The van der Waals surface area contributed by atoms with Crippen molar-refractivity contribution in [1.82, 2.24) is 14.5 Å². The van der Waals surface area contributed by atoms with Crippen molar-refractivity contribution in [3.63, 3.8) is 0 Å². The molecule has 0 atom stereocenters. The Hall–Kier alpha value is -1.95. The normalized spacial score (nSPS) is 10.7. The highest BCUT2D eigenvalue weighted by molar-refractivity contribution is 6.16. The molecule has 0 bridgehead atoms. The lowest BCUT2D eigenvalue weighted by molar-refractivity contribution is -0.386. The lowest BCUT2D eigenvalue weighted by Gasteiger charge is -2.07. The number of alkyl halides is 1. The van der Waals surface area contributed by atoms with E-state index in [-0.39, 0.29) is 10.6 Å². The van der Waals surface area contributed by atoms with Crippen molar-refractivity contribution in [2.24, 2.45) is 0 Å². The summed E-state index contributed by atoms with van der Waals surface area (Å²) >= 11 is 5.68. The predicted molar refractivity (Wildman–Crippen MR) is 71.3 cm³/mol. The summed E-state index contributed by atoms with van der Waals surface area (Å²) in [5, 5.41) is 11.0.